The van der Waals surface area contributed by atoms with Crippen LogP contribution in [-0.2, 0) is 24.5 Å². The van der Waals surface area contributed by atoms with E-state index in [1.54, 1.807) is 18.2 Å². The topological polar surface area (TPSA) is 56.5 Å². The Morgan fingerprint density at radius 1 is 0.935 bits per heavy atom. The number of fused-ring (bicyclic) bond motifs is 1. The van der Waals surface area contributed by atoms with Gasteiger partial charge in [0.15, 0.2) is 0 Å². The van der Waals surface area contributed by atoms with E-state index in [9.17, 15) is 5.11 Å². The van der Waals surface area contributed by atoms with Crippen LogP contribution in [0, 0.1) is 0 Å². The molecule has 160 valence electrons. The molecular weight excluding hydrogens is 435 g/mol. The predicted octanol–water partition coefficient (Wildman–Crippen LogP) is 5.50. The van der Waals surface area contributed by atoms with E-state index >= 15 is 0 Å². The average molecular weight is 457 g/mol. The molecule has 0 aliphatic carbocycles. The minimum absolute atomic E-state index is 0.202. The van der Waals surface area contributed by atoms with Crippen molar-refractivity contribution in [3.63, 3.8) is 0 Å². The Labute approximate surface area is 190 Å². The van der Waals surface area contributed by atoms with E-state index in [1.807, 2.05) is 59.2 Å². The summed E-state index contributed by atoms with van der Waals surface area (Å²) >= 11 is 12.2. The maximum Gasteiger partial charge on any atom is 0.148 e. The fourth-order valence-corrected chi connectivity index (χ4v) is 3.79. The smallest absolute Gasteiger partial charge is 0.148 e. The van der Waals surface area contributed by atoms with Gasteiger partial charge in [-0.1, -0.05) is 65.7 Å². The molecule has 4 aromatic rings. The van der Waals surface area contributed by atoms with Crippen molar-refractivity contribution in [2.45, 2.75) is 25.9 Å². The third-order valence-corrected chi connectivity index (χ3v) is 5.33. The summed E-state index contributed by atoms with van der Waals surface area (Å²) in [4.78, 5) is 4.67. The van der Waals surface area contributed by atoms with Gasteiger partial charge in [-0.3, -0.25) is 0 Å². The third kappa shape index (κ3) is 5.57. The van der Waals surface area contributed by atoms with Crippen LogP contribution in [0.25, 0.3) is 11.0 Å². The van der Waals surface area contributed by atoms with Crippen LogP contribution in [0.4, 0.5) is 0 Å². The number of hydrogen-bond donors (Lipinski definition) is 1. The quantitative estimate of drug-likeness (QED) is 0.361. The molecule has 0 radical (unpaired) electrons. The van der Waals surface area contributed by atoms with Crippen LogP contribution in [0.5, 0.6) is 5.75 Å². The fourth-order valence-electron chi connectivity index (χ4n) is 3.32. The molecule has 7 heteroatoms. The second-order valence-corrected chi connectivity index (χ2v) is 7.99. The molecule has 1 N–H and O–H groups in total. The van der Waals surface area contributed by atoms with E-state index in [2.05, 4.69) is 4.98 Å². The number of rotatable bonds is 9. The number of aliphatic hydroxyl groups is 1. The fraction of sp³-hybridized carbons (Fsp3) is 0.208. The van der Waals surface area contributed by atoms with E-state index in [-0.39, 0.29) is 13.2 Å². The Balaban J connectivity index is 1.45. The van der Waals surface area contributed by atoms with Gasteiger partial charge in [0, 0.05) is 5.02 Å². The van der Waals surface area contributed by atoms with Crippen LogP contribution in [0.3, 0.4) is 0 Å². The van der Waals surface area contributed by atoms with Crippen molar-refractivity contribution in [3.05, 3.63) is 94.2 Å². The Morgan fingerprint density at radius 3 is 2.52 bits per heavy atom. The monoisotopic (exact) mass is 456 g/mol. The molecule has 0 aliphatic heterocycles. The van der Waals surface area contributed by atoms with Gasteiger partial charge in [0.1, 0.15) is 18.2 Å². The van der Waals surface area contributed by atoms with Crippen LogP contribution >= 0.6 is 23.2 Å². The summed E-state index contributed by atoms with van der Waals surface area (Å²) in [5, 5.41) is 11.6. The maximum atomic E-state index is 10.6. The average Bonchev–Trinajstić information content (AvgIpc) is 3.11. The first-order valence-electron chi connectivity index (χ1n) is 9.92. The number of imidazole rings is 1. The number of benzene rings is 3. The van der Waals surface area contributed by atoms with E-state index in [0.29, 0.717) is 34.8 Å². The van der Waals surface area contributed by atoms with Crippen molar-refractivity contribution in [1.29, 1.82) is 0 Å². The molecule has 5 nitrogen and oxygen atoms in total. The van der Waals surface area contributed by atoms with Crippen LogP contribution < -0.4 is 4.74 Å². The molecule has 1 aromatic heterocycles. The molecule has 0 spiro atoms. The molecule has 1 heterocycles. The molecule has 1 unspecified atom stereocenters. The highest BCUT2D eigenvalue weighted by Gasteiger charge is 2.15. The minimum Gasteiger partial charge on any atom is -0.484 e. The normalized spacial score (nSPS) is 12.2. The summed E-state index contributed by atoms with van der Waals surface area (Å²) in [6, 6.07) is 22.7. The second kappa shape index (κ2) is 10.2. The zero-order valence-electron chi connectivity index (χ0n) is 16.7. The number of halogens is 2. The number of para-hydroxylation sites is 2. The first-order valence-corrected chi connectivity index (χ1v) is 10.7. The van der Waals surface area contributed by atoms with Gasteiger partial charge in [0.25, 0.3) is 0 Å². The number of aliphatic hydroxyl groups excluding tert-OH is 1. The van der Waals surface area contributed by atoms with Crippen molar-refractivity contribution in [1.82, 2.24) is 9.55 Å². The number of aromatic nitrogens is 2. The van der Waals surface area contributed by atoms with Gasteiger partial charge in [-0.25, -0.2) is 4.98 Å². The highest BCUT2D eigenvalue weighted by atomic mass is 35.5. The van der Waals surface area contributed by atoms with Crippen molar-refractivity contribution in [2.24, 2.45) is 0 Å². The molecule has 0 fully saturated rings. The van der Waals surface area contributed by atoms with Crippen LogP contribution in [0.15, 0.2) is 72.8 Å². The van der Waals surface area contributed by atoms with Gasteiger partial charge in [0.05, 0.1) is 41.9 Å². The Bertz CT molecular complexity index is 1150. The molecule has 0 aliphatic rings. The zero-order chi connectivity index (χ0) is 21.6. The third-order valence-electron chi connectivity index (χ3n) is 4.80. The summed E-state index contributed by atoms with van der Waals surface area (Å²) < 4.78 is 13.5. The SMILES string of the molecule is OC(COCc1ccccc1)Cn1c(COc2ccc(Cl)cc2Cl)nc2ccccc21. The molecular formula is C24H22Cl2N2O3. The first kappa shape index (κ1) is 21.7. The first-order chi connectivity index (χ1) is 15.1. The lowest BCUT2D eigenvalue weighted by Gasteiger charge is -2.16. The van der Waals surface area contributed by atoms with E-state index in [1.165, 1.54) is 0 Å². The largest absolute Gasteiger partial charge is 0.484 e. The summed E-state index contributed by atoms with van der Waals surface area (Å²) in [5.41, 5.74) is 2.82. The van der Waals surface area contributed by atoms with Crippen molar-refractivity contribution in [2.75, 3.05) is 6.61 Å². The molecule has 0 amide bonds. The number of ether oxygens (including phenoxy) is 2. The maximum absolute atomic E-state index is 10.6. The minimum atomic E-state index is -0.695. The van der Waals surface area contributed by atoms with Crippen LogP contribution in [0.2, 0.25) is 10.0 Å². The van der Waals surface area contributed by atoms with Gasteiger partial charge < -0.3 is 19.1 Å². The van der Waals surface area contributed by atoms with E-state index in [4.69, 9.17) is 32.7 Å². The lowest BCUT2D eigenvalue weighted by molar-refractivity contribution is 0.0202. The lowest BCUT2D eigenvalue weighted by atomic mass is 10.2. The van der Waals surface area contributed by atoms with Gasteiger partial charge >= 0.3 is 0 Å². The molecule has 0 saturated carbocycles. The molecule has 1 atom stereocenters. The Morgan fingerprint density at radius 2 is 1.71 bits per heavy atom. The lowest BCUT2D eigenvalue weighted by Crippen LogP contribution is -2.23. The van der Waals surface area contributed by atoms with Gasteiger partial charge in [-0.2, -0.15) is 0 Å². The molecule has 0 bridgehead atoms. The summed E-state index contributed by atoms with van der Waals surface area (Å²) in [6.07, 6.45) is -0.695. The number of nitrogens with zero attached hydrogens (tertiary/aromatic N) is 2. The summed E-state index contributed by atoms with van der Waals surface area (Å²) in [6.45, 7) is 1.20. The summed E-state index contributed by atoms with van der Waals surface area (Å²) in [5.74, 6) is 1.21. The van der Waals surface area contributed by atoms with Crippen molar-refractivity contribution < 1.29 is 14.6 Å². The molecule has 31 heavy (non-hydrogen) atoms. The Hall–Kier alpha value is -2.57. The second-order valence-electron chi connectivity index (χ2n) is 7.15. The van der Waals surface area contributed by atoms with Crippen molar-refractivity contribution in [3.8, 4) is 5.75 Å². The van der Waals surface area contributed by atoms with Crippen molar-refractivity contribution >= 4 is 34.2 Å². The van der Waals surface area contributed by atoms with Crippen LogP contribution in [0.1, 0.15) is 11.4 Å². The Kier molecular flexibility index (Phi) is 7.10. The van der Waals surface area contributed by atoms with E-state index < -0.39 is 6.10 Å². The standard InChI is InChI=1S/C24H22Cl2N2O3/c25-18-10-11-23(20(26)12-18)31-16-24-27-21-8-4-5-9-22(21)28(24)13-19(29)15-30-14-17-6-2-1-3-7-17/h1-12,19,29H,13-16H2. The highest BCUT2D eigenvalue weighted by molar-refractivity contribution is 6.35. The van der Waals surface area contributed by atoms with E-state index in [0.717, 1.165) is 16.6 Å². The predicted molar refractivity (Wildman–Crippen MR) is 123 cm³/mol. The van der Waals surface area contributed by atoms with Crippen LogP contribution in [-0.4, -0.2) is 27.4 Å². The number of hydrogen-bond acceptors (Lipinski definition) is 4. The highest BCUT2D eigenvalue weighted by Crippen LogP contribution is 2.28. The molecule has 3 aromatic carbocycles. The van der Waals surface area contributed by atoms with Gasteiger partial charge in [-0.05, 0) is 35.9 Å². The molecule has 0 saturated heterocycles. The summed E-state index contributed by atoms with van der Waals surface area (Å²) in [7, 11) is 0. The zero-order valence-corrected chi connectivity index (χ0v) is 18.3. The van der Waals surface area contributed by atoms with Gasteiger partial charge in [0.2, 0.25) is 0 Å². The van der Waals surface area contributed by atoms with Gasteiger partial charge in [-0.15, -0.1) is 0 Å². The molecule has 4 rings (SSSR count).